The highest BCUT2D eigenvalue weighted by atomic mass is 35.5. The maximum Gasteiger partial charge on any atom is 0.319 e. The van der Waals surface area contributed by atoms with Crippen molar-refractivity contribution in [2.24, 2.45) is 0 Å². The molecule has 5 heteroatoms. The molecule has 0 bridgehead atoms. The summed E-state index contributed by atoms with van der Waals surface area (Å²) in [5.41, 5.74) is 0.523. The van der Waals surface area contributed by atoms with Crippen LogP contribution in [0.25, 0.3) is 0 Å². The second-order valence-corrected chi connectivity index (χ2v) is 3.95. The molecular formula is C10H11ClN2O2. The lowest BCUT2D eigenvalue weighted by Crippen LogP contribution is -2.30. The predicted octanol–water partition coefficient (Wildman–Crippen LogP) is 2.33. The average Bonchev–Trinajstić information content (AvgIpc) is 2.95. The van der Waals surface area contributed by atoms with E-state index in [1.54, 1.807) is 6.07 Å². The van der Waals surface area contributed by atoms with Gasteiger partial charge in [0.2, 0.25) is 0 Å². The van der Waals surface area contributed by atoms with Crippen LogP contribution < -0.4 is 10.6 Å². The Kier molecular flexibility index (Phi) is 2.68. The number of carbonyl (C=O) groups excluding carboxylic acids is 1. The van der Waals surface area contributed by atoms with Crippen LogP contribution in [0.15, 0.2) is 18.2 Å². The molecule has 3 N–H and O–H groups in total. The normalized spacial score (nSPS) is 14.7. The fourth-order valence-electron chi connectivity index (χ4n) is 1.17. The summed E-state index contributed by atoms with van der Waals surface area (Å²) in [6.07, 6.45) is 2.08. The van der Waals surface area contributed by atoms with Crippen molar-refractivity contribution in [1.29, 1.82) is 0 Å². The van der Waals surface area contributed by atoms with Gasteiger partial charge >= 0.3 is 6.03 Å². The summed E-state index contributed by atoms with van der Waals surface area (Å²) < 4.78 is 0. The summed E-state index contributed by atoms with van der Waals surface area (Å²) in [4.78, 5) is 11.3. The molecule has 1 aromatic carbocycles. The fraction of sp³-hybridized carbons (Fsp3) is 0.300. The van der Waals surface area contributed by atoms with Crippen LogP contribution >= 0.6 is 11.6 Å². The van der Waals surface area contributed by atoms with Crippen LogP contribution in [0, 0.1) is 0 Å². The summed E-state index contributed by atoms with van der Waals surface area (Å²) in [5.74, 6) is -0.0408. The van der Waals surface area contributed by atoms with Crippen LogP contribution in [0.2, 0.25) is 5.02 Å². The van der Waals surface area contributed by atoms with E-state index >= 15 is 0 Å². The van der Waals surface area contributed by atoms with E-state index in [0.717, 1.165) is 12.8 Å². The Bertz CT molecular complexity index is 391. The lowest BCUT2D eigenvalue weighted by atomic mass is 10.3. The van der Waals surface area contributed by atoms with Crippen LogP contribution in [0.1, 0.15) is 12.8 Å². The number of amides is 2. The molecule has 1 aliphatic carbocycles. The first-order valence-electron chi connectivity index (χ1n) is 4.71. The van der Waals surface area contributed by atoms with Gasteiger partial charge < -0.3 is 15.7 Å². The quantitative estimate of drug-likeness (QED) is 0.725. The Morgan fingerprint density at radius 1 is 1.47 bits per heavy atom. The Balaban J connectivity index is 1.97. The molecule has 0 aliphatic heterocycles. The van der Waals surface area contributed by atoms with Gasteiger partial charge in [-0.05, 0) is 25.0 Å². The first kappa shape index (κ1) is 10.1. The summed E-state index contributed by atoms with van der Waals surface area (Å²) in [6.45, 7) is 0. The third-order valence-electron chi connectivity index (χ3n) is 2.12. The molecule has 0 heterocycles. The predicted molar refractivity (Wildman–Crippen MR) is 58.3 cm³/mol. The lowest BCUT2D eigenvalue weighted by molar-refractivity contribution is 0.251. The molecule has 0 atom stereocenters. The van der Waals surface area contributed by atoms with E-state index in [4.69, 9.17) is 11.6 Å². The van der Waals surface area contributed by atoms with Gasteiger partial charge in [0.25, 0.3) is 0 Å². The topological polar surface area (TPSA) is 61.4 Å². The Labute approximate surface area is 92.2 Å². The summed E-state index contributed by atoms with van der Waals surface area (Å²) >= 11 is 5.63. The molecule has 0 unspecified atom stereocenters. The molecular weight excluding hydrogens is 216 g/mol. The molecule has 2 rings (SSSR count). The molecule has 1 saturated carbocycles. The van der Waals surface area contributed by atoms with Gasteiger partial charge in [-0.15, -0.1) is 0 Å². The van der Waals surface area contributed by atoms with Gasteiger partial charge in [-0.3, -0.25) is 0 Å². The SMILES string of the molecule is O=C(Nc1ccc(Cl)c(O)c1)NC1CC1. The van der Waals surface area contributed by atoms with Crippen molar-refractivity contribution in [3.8, 4) is 5.75 Å². The third-order valence-corrected chi connectivity index (χ3v) is 2.44. The van der Waals surface area contributed by atoms with Crippen molar-refractivity contribution in [3.63, 3.8) is 0 Å². The highest BCUT2D eigenvalue weighted by Crippen LogP contribution is 2.26. The van der Waals surface area contributed by atoms with E-state index in [1.807, 2.05) is 0 Å². The minimum atomic E-state index is -0.251. The fourth-order valence-corrected chi connectivity index (χ4v) is 1.29. The number of halogens is 1. The first-order chi connectivity index (χ1) is 7.15. The molecule has 1 aromatic rings. The molecule has 0 saturated heterocycles. The van der Waals surface area contributed by atoms with E-state index in [-0.39, 0.29) is 16.8 Å². The molecule has 1 aliphatic rings. The van der Waals surface area contributed by atoms with Gasteiger partial charge in [0.15, 0.2) is 0 Å². The highest BCUT2D eigenvalue weighted by Gasteiger charge is 2.23. The maximum atomic E-state index is 11.3. The number of phenols is 1. The van der Waals surface area contributed by atoms with Gasteiger partial charge in [-0.25, -0.2) is 4.79 Å². The van der Waals surface area contributed by atoms with Crippen LogP contribution in [-0.4, -0.2) is 17.2 Å². The smallest absolute Gasteiger partial charge is 0.319 e. The molecule has 15 heavy (non-hydrogen) atoms. The summed E-state index contributed by atoms with van der Waals surface area (Å²) in [7, 11) is 0. The molecule has 0 radical (unpaired) electrons. The summed E-state index contributed by atoms with van der Waals surface area (Å²) in [5, 5.41) is 15.0. The van der Waals surface area contributed by atoms with Crippen LogP contribution in [0.4, 0.5) is 10.5 Å². The van der Waals surface area contributed by atoms with Gasteiger partial charge in [0, 0.05) is 17.8 Å². The third kappa shape index (κ3) is 2.76. The number of urea groups is 1. The minimum absolute atomic E-state index is 0.0408. The Hall–Kier alpha value is -1.42. The van der Waals surface area contributed by atoms with E-state index in [1.165, 1.54) is 12.1 Å². The van der Waals surface area contributed by atoms with Crippen molar-refractivity contribution in [1.82, 2.24) is 5.32 Å². The van der Waals surface area contributed by atoms with Crippen LogP contribution in [0.5, 0.6) is 5.75 Å². The number of benzene rings is 1. The number of rotatable bonds is 2. The van der Waals surface area contributed by atoms with Crippen molar-refractivity contribution >= 4 is 23.3 Å². The van der Waals surface area contributed by atoms with E-state index in [2.05, 4.69) is 10.6 Å². The molecule has 0 aromatic heterocycles. The molecule has 4 nitrogen and oxygen atoms in total. The summed E-state index contributed by atoms with van der Waals surface area (Å²) in [6, 6.07) is 4.64. The maximum absolute atomic E-state index is 11.3. The number of aromatic hydroxyl groups is 1. The average molecular weight is 227 g/mol. The highest BCUT2D eigenvalue weighted by molar-refractivity contribution is 6.32. The second-order valence-electron chi connectivity index (χ2n) is 3.54. The first-order valence-corrected chi connectivity index (χ1v) is 5.09. The Morgan fingerprint density at radius 2 is 2.20 bits per heavy atom. The number of anilines is 1. The van der Waals surface area contributed by atoms with E-state index in [0.29, 0.717) is 11.7 Å². The molecule has 0 spiro atoms. The van der Waals surface area contributed by atoms with Gasteiger partial charge in [0.05, 0.1) is 5.02 Å². The molecule has 2 amide bonds. The van der Waals surface area contributed by atoms with Crippen molar-refractivity contribution in [2.75, 3.05) is 5.32 Å². The molecule has 80 valence electrons. The zero-order valence-electron chi connectivity index (χ0n) is 7.96. The standard InChI is InChI=1S/C10H11ClN2O2/c11-8-4-3-7(5-9(8)14)13-10(15)12-6-1-2-6/h3-6,14H,1-2H2,(H2,12,13,15). The number of nitrogens with one attached hydrogen (secondary N) is 2. The number of hydrogen-bond acceptors (Lipinski definition) is 2. The largest absolute Gasteiger partial charge is 0.506 e. The van der Waals surface area contributed by atoms with Crippen LogP contribution in [-0.2, 0) is 0 Å². The zero-order chi connectivity index (χ0) is 10.8. The van der Waals surface area contributed by atoms with Gasteiger partial charge in [-0.1, -0.05) is 11.6 Å². The number of phenolic OH excluding ortho intramolecular Hbond substituents is 1. The Morgan fingerprint density at radius 3 is 2.80 bits per heavy atom. The van der Waals surface area contributed by atoms with E-state index in [9.17, 15) is 9.90 Å². The zero-order valence-corrected chi connectivity index (χ0v) is 8.71. The monoisotopic (exact) mass is 226 g/mol. The van der Waals surface area contributed by atoms with Gasteiger partial charge in [0.1, 0.15) is 5.75 Å². The van der Waals surface area contributed by atoms with Crippen molar-refractivity contribution in [3.05, 3.63) is 23.2 Å². The van der Waals surface area contributed by atoms with Gasteiger partial charge in [-0.2, -0.15) is 0 Å². The number of carbonyl (C=O) groups is 1. The van der Waals surface area contributed by atoms with E-state index < -0.39 is 0 Å². The van der Waals surface area contributed by atoms with Crippen molar-refractivity contribution < 1.29 is 9.90 Å². The van der Waals surface area contributed by atoms with Crippen molar-refractivity contribution in [2.45, 2.75) is 18.9 Å². The second kappa shape index (κ2) is 3.98. The lowest BCUT2D eigenvalue weighted by Gasteiger charge is -2.07. The van der Waals surface area contributed by atoms with Crippen LogP contribution in [0.3, 0.4) is 0 Å². The number of hydrogen-bond donors (Lipinski definition) is 3. The molecule has 1 fully saturated rings. The minimum Gasteiger partial charge on any atom is -0.506 e.